The third-order valence-electron chi connectivity index (χ3n) is 5.76. The second-order valence-electron chi connectivity index (χ2n) is 7.87. The lowest BCUT2D eigenvalue weighted by Crippen LogP contribution is -2.29. The van der Waals surface area contributed by atoms with E-state index >= 15 is 0 Å². The third-order valence-corrected chi connectivity index (χ3v) is 5.76. The molecule has 3 aromatic rings. The number of aliphatic hydroxyl groups is 1. The van der Waals surface area contributed by atoms with Gasteiger partial charge in [0.15, 0.2) is 0 Å². The molecule has 0 saturated carbocycles. The van der Waals surface area contributed by atoms with Gasteiger partial charge in [-0.05, 0) is 30.0 Å². The fourth-order valence-corrected chi connectivity index (χ4v) is 3.97. The zero-order valence-electron chi connectivity index (χ0n) is 17.7. The second-order valence-corrected chi connectivity index (χ2v) is 7.87. The van der Waals surface area contributed by atoms with Crippen LogP contribution in [0.25, 0.3) is 5.76 Å². The smallest absolute Gasteiger partial charge is 0.295 e. The van der Waals surface area contributed by atoms with Crippen molar-refractivity contribution in [3.63, 3.8) is 0 Å². The number of carbonyl (C=O) groups excluding carboxylic acids is 2. The van der Waals surface area contributed by atoms with Crippen LogP contribution >= 0.6 is 0 Å². The predicted molar refractivity (Wildman–Crippen MR) is 121 cm³/mol. The zero-order chi connectivity index (χ0) is 22.0. The summed E-state index contributed by atoms with van der Waals surface area (Å²) in [5.74, 6) is -1.39. The van der Waals surface area contributed by atoms with Crippen molar-refractivity contribution in [1.82, 2.24) is 4.90 Å². The Morgan fingerprint density at radius 3 is 2.13 bits per heavy atom. The normalized spacial score (nSPS) is 17.9. The summed E-state index contributed by atoms with van der Waals surface area (Å²) in [6.45, 7) is 4.32. The molecule has 4 nitrogen and oxygen atoms in total. The molecule has 1 aliphatic heterocycles. The van der Waals surface area contributed by atoms with Gasteiger partial charge < -0.3 is 10.0 Å². The molecular weight excluding hydrogens is 386 g/mol. The second kappa shape index (κ2) is 8.60. The number of amides is 1. The molecule has 1 aliphatic rings. The number of likely N-dealkylation sites (tertiary alicyclic amines) is 1. The summed E-state index contributed by atoms with van der Waals surface area (Å²) >= 11 is 0. The Morgan fingerprint density at radius 2 is 1.52 bits per heavy atom. The minimum Gasteiger partial charge on any atom is -0.507 e. The Balaban J connectivity index is 1.85. The number of carbonyl (C=O) groups is 2. The van der Waals surface area contributed by atoms with Gasteiger partial charge in [0.2, 0.25) is 0 Å². The van der Waals surface area contributed by atoms with E-state index in [4.69, 9.17) is 0 Å². The van der Waals surface area contributed by atoms with Gasteiger partial charge in [-0.25, -0.2) is 0 Å². The van der Waals surface area contributed by atoms with Crippen LogP contribution in [0.5, 0.6) is 0 Å². The molecule has 1 atom stereocenters. The average Bonchev–Trinajstić information content (AvgIpc) is 3.05. The Kier molecular flexibility index (Phi) is 5.72. The molecule has 1 saturated heterocycles. The summed E-state index contributed by atoms with van der Waals surface area (Å²) < 4.78 is 0. The maximum absolute atomic E-state index is 13.1. The quantitative estimate of drug-likeness (QED) is 0.358. The number of ketones is 1. The topological polar surface area (TPSA) is 57.6 Å². The Bertz CT molecular complexity index is 1130. The lowest BCUT2D eigenvalue weighted by Gasteiger charge is -2.25. The van der Waals surface area contributed by atoms with Crippen LogP contribution in [0.2, 0.25) is 0 Å². The summed E-state index contributed by atoms with van der Waals surface area (Å²) in [5, 5.41) is 11.1. The summed E-state index contributed by atoms with van der Waals surface area (Å²) in [4.78, 5) is 27.7. The first-order valence-electron chi connectivity index (χ1n) is 10.5. The average molecular weight is 412 g/mol. The van der Waals surface area contributed by atoms with Crippen LogP contribution in [-0.4, -0.2) is 21.7 Å². The van der Waals surface area contributed by atoms with Crippen molar-refractivity contribution >= 4 is 17.4 Å². The van der Waals surface area contributed by atoms with Gasteiger partial charge in [-0.1, -0.05) is 91.3 Å². The van der Waals surface area contributed by atoms with Gasteiger partial charge in [0.25, 0.3) is 11.7 Å². The molecule has 0 radical (unpaired) electrons. The molecule has 0 bridgehead atoms. The van der Waals surface area contributed by atoms with E-state index in [1.165, 1.54) is 5.56 Å². The van der Waals surface area contributed by atoms with Crippen molar-refractivity contribution in [3.8, 4) is 0 Å². The van der Waals surface area contributed by atoms with E-state index in [9.17, 15) is 14.7 Å². The molecule has 156 valence electrons. The Morgan fingerprint density at radius 1 is 0.871 bits per heavy atom. The maximum Gasteiger partial charge on any atom is 0.295 e. The van der Waals surface area contributed by atoms with Crippen molar-refractivity contribution in [2.75, 3.05) is 0 Å². The zero-order valence-corrected chi connectivity index (χ0v) is 17.7. The van der Waals surface area contributed by atoms with Gasteiger partial charge in [-0.15, -0.1) is 0 Å². The number of aliphatic hydroxyl groups excluding tert-OH is 1. The first-order valence-corrected chi connectivity index (χ1v) is 10.5. The van der Waals surface area contributed by atoms with Crippen molar-refractivity contribution in [2.24, 2.45) is 0 Å². The van der Waals surface area contributed by atoms with Gasteiger partial charge in [0.1, 0.15) is 5.76 Å². The standard InChI is InChI=1S/C27H25NO3/c1-3-19-11-15-21(16-12-19)24-23(25(29)22-13-9-18(2)10-14-22)26(30)27(31)28(24)17-20-7-5-4-6-8-20/h4-16,24,29H,3,17H2,1-2H3/t24-/m0/s1. The highest BCUT2D eigenvalue weighted by Gasteiger charge is 2.46. The summed E-state index contributed by atoms with van der Waals surface area (Å²) in [6.07, 6.45) is 0.897. The van der Waals surface area contributed by atoms with Crippen molar-refractivity contribution in [1.29, 1.82) is 0 Å². The first kappa shape index (κ1) is 20.6. The van der Waals surface area contributed by atoms with Crippen LogP contribution in [-0.2, 0) is 22.6 Å². The van der Waals surface area contributed by atoms with E-state index in [0.29, 0.717) is 5.56 Å². The number of rotatable bonds is 5. The predicted octanol–water partition coefficient (Wildman–Crippen LogP) is 5.18. The van der Waals surface area contributed by atoms with Crippen molar-refractivity contribution < 1.29 is 14.7 Å². The highest BCUT2D eigenvalue weighted by molar-refractivity contribution is 6.46. The third kappa shape index (κ3) is 4.02. The van der Waals surface area contributed by atoms with Gasteiger partial charge in [-0.2, -0.15) is 0 Å². The molecule has 1 amide bonds. The van der Waals surface area contributed by atoms with Crippen LogP contribution in [0.1, 0.15) is 40.8 Å². The first-order chi connectivity index (χ1) is 15.0. The molecule has 31 heavy (non-hydrogen) atoms. The van der Waals surface area contributed by atoms with E-state index in [1.807, 2.05) is 73.7 Å². The van der Waals surface area contributed by atoms with Crippen LogP contribution < -0.4 is 0 Å². The van der Waals surface area contributed by atoms with Crippen molar-refractivity contribution in [3.05, 3.63) is 112 Å². The molecular formula is C27H25NO3. The minimum atomic E-state index is -0.654. The molecule has 0 aromatic heterocycles. The number of aryl methyl sites for hydroxylation is 2. The Hall–Kier alpha value is -3.66. The van der Waals surface area contributed by atoms with E-state index in [0.717, 1.165) is 23.1 Å². The Labute approximate surface area is 182 Å². The van der Waals surface area contributed by atoms with Crippen LogP contribution in [0, 0.1) is 6.92 Å². The van der Waals surface area contributed by atoms with E-state index in [-0.39, 0.29) is 17.9 Å². The summed E-state index contributed by atoms with van der Waals surface area (Å²) in [6, 6.07) is 24.1. The van der Waals surface area contributed by atoms with Crippen LogP contribution in [0.4, 0.5) is 0 Å². The van der Waals surface area contributed by atoms with Gasteiger partial charge >= 0.3 is 0 Å². The lowest BCUT2D eigenvalue weighted by atomic mass is 9.94. The van der Waals surface area contributed by atoms with E-state index in [2.05, 4.69) is 6.92 Å². The van der Waals surface area contributed by atoms with Gasteiger partial charge in [0.05, 0.1) is 11.6 Å². The highest BCUT2D eigenvalue weighted by Crippen LogP contribution is 2.40. The maximum atomic E-state index is 13.1. The fraction of sp³-hybridized carbons (Fsp3) is 0.185. The summed E-state index contributed by atoms with van der Waals surface area (Å²) in [5.41, 5.74) is 4.61. The van der Waals surface area contributed by atoms with E-state index in [1.54, 1.807) is 17.0 Å². The molecule has 3 aromatic carbocycles. The highest BCUT2D eigenvalue weighted by atomic mass is 16.3. The largest absolute Gasteiger partial charge is 0.507 e. The number of hydrogen-bond donors (Lipinski definition) is 1. The molecule has 0 spiro atoms. The number of hydrogen-bond acceptors (Lipinski definition) is 3. The molecule has 4 heteroatoms. The SMILES string of the molecule is CCc1ccc([C@H]2C(=C(O)c3ccc(C)cc3)C(=O)C(=O)N2Cc2ccccc2)cc1. The molecule has 1 N–H and O–H groups in total. The number of nitrogens with zero attached hydrogens (tertiary/aromatic N) is 1. The number of benzene rings is 3. The van der Waals surface area contributed by atoms with E-state index < -0.39 is 17.7 Å². The number of Topliss-reactive ketones (excluding diaryl/α,β-unsaturated/α-hetero) is 1. The van der Waals surface area contributed by atoms with Gasteiger partial charge in [0, 0.05) is 12.1 Å². The fourth-order valence-electron chi connectivity index (χ4n) is 3.97. The molecule has 0 aliphatic carbocycles. The monoisotopic (exact) mass is 411 g/mol. The van der Waals surface area contributed by atoms with Gasteiger partial charge in [-0.3, -0.25) is 9.59 Å². The molecule has 1 fully saturated rings. The molecule has 4 rings (SSSR count). The summed E-state index contributed by atoms with van der Waals surface area (Å²) in [7, 11) is 0. The minimum absolute atomic E-state index is 0.133. The van der Waals surface area contributed by atoms with Crippen molar-refractivity contribution in [2.45, 2.75) is 32.9 Å². The molecule has 1 heterocycles. The van der Waals surface area contributed by atoms with Crippen LogP contribution in [0.15, 0.2) is 84.4 Å². The van der Waals surface area contributed by atoms with Crippen LogP contribution in [0.3, 0.4) is 0 Å². The lowest BCUT2D eigenvalue weighted by molar-refractivity contribution is -0.140. The molecule has 0 unspecified atom stereocenters.